The molecule has 2 fully saturated rings. The number of unbranched alkanes of at least 4 members (excludes halogenated alkanes) is 1. The van der Waals surface area contributed by atoms with Gasteiger partial charge in [-0.2, -0.15) is 0 Å². The highest BCUT2D eigenvalue weighted by Gasteiger charge is 2.24. The summed E-state index contributed by atoms with van der Waals surface area (Å²) in [5, 5.41) is 8.59. The van der Waals surface area contributed by atoms with Crippen LogP contribution in [0.4, 0.5) is 0 Å². The number of carbonyl (C=O) groups is 1. The maximum atomic E-state index is 10.4. The second kappa shape index (κ2) is 11.8. The van der Waals surface area contributed by atoms with Crippen LogP contribution in [-0.2, 0) is 4.79 Å². The van der Waals surface area contributed by atoms with Crippen LogP contribution in [0, 0.1) is 23.7 Å². The van der Waals surface area contributed by atoms with E-state index < -0.39 is 5.97 Å². The van der Waals surface area contributed by atoms with Crippen molar-refractivity contribution in [3.05, 3.63) is 12.2 Å². The van der Waals surface area contributed by atoms with Gasteiger partial charge in [-0.25, -0.2) is 4.79 Å². The first-order valence-electron chi connectivity index (χ1n) is 11.1. The fraction of sp³-hybridized carbons (Fsp3) is 0.870. The van der Waals surface area contributed by atoms with Crippen LogP contribution in [0.3, 0.4) is 0 Å². The molecule has 0 aromatic heterocycles. The summed E-state index contributed by atoms with van der Waals surface area (Å²) in [4.78, 5) is 10.4. The van der Waals surface area contributed by atoms with E-state index in [1.54, 1.807) is 0 Å². The summed E-state index contributed by atoms with van der Waals surface area (Å²) >= 11 is 0. The summed E-state index contributed by atoms with van der Waals surface area (Å²) in [5.41, 5.74) is 0. The minimum atomic E-state index is -0.820. The van der Waals surface area contributed by atoms with E-state index >= 15 is 0 Å². The van der Waals surface area contributed by atoms with Gasteiger partial charge >= 0.3 is 5.97 Å². The fourth-order valence-corrected chi connectivity index (χ4v) is 5.21. The zero-order valence-electron chi connectivity index (χ0n) is 16.4. The van der Waals surface area contributed by atoms with Gasteiger partial charge in [0.25, 0.3) is 0 Å². The smallest absolute Gasteiger partial charge is 0.327 e. The summed E-state index contributed by atoms with van der Waals surface area (Å²) in [7, 11) is 0. The third kappa shape index (κ3) is 8.42. The normalized spacial score (nSPS) is 30.6. The van der Waals surface area contributed by atoms with Crippen LogP contribution in [0.25, 0.3) is 0 Å². The molecule has 0 amide bonds. The molecule has 2 nitrogen and oxygen atoms in total. The molecule has 25 heavy (non-hydrogen) atoms. The monoisotopic (exact) mass is 348 g/mol. The first kappa shape index (κ1) is 20.5. The van der Waals surface area contributed by atoms with E-state index in [1.807, 2.05) is 6.08 Å². The SMILES string of the molecule is CCCC1CCC(CCC2CCC(CCC/C=C/C(=O)O)CC2)CC1. The number of carboxylic acids is 1. The van der Waals surface area contributed by atoms with Gasteiger partial charge in [0.05, 0.1) is 0 Å². The van der Waals surface area contributed by atoms with Gasteiger partial charge in [-0.05, 0) is 36.5 Å². The lowest BCUT2D eigenvalue weighted by Crippen LogP contribution is -2.18. The zero-order chi connectivity index (χ0) is 17.9. The molecule has 2 saturated carbocycles. The molecular weight excluding hydrogens is 308 g/mol. The molecule has 0 heterocycles. The van der Waals surface area contributed by atoms with Gasteiger partial charge in [-0.15, -0.1) is 0 Å². The minimum Gasteiger partial charge on any atom is -0.478 e. The van der Waals surface area contributed by atoms with Crippen LogP contribution in [0.5, 0.6) is 0 Å². The second-order valence-electron chi connectivity index (χ2n) is 8.81. The second-order valence-corrected chi connectivity index (χ2v) is 8.81. The zero-order valence-corrected chi connectivity index (χ0v) is 16.4. The van der Waals surface area contributed by atoms with Crippen molar-refractivity contribution in [2.45, 2.75) is 103 Å². The Morgan fingerprint density at radius 2 is 1.24 bits per heavy atom. The van der Waals surface area contributed by atoms with Crippen molar-refractivity contribution in [2.75, 3.05) is 0 Å². The van der Waals surface area contributed by atoms with E-state index in [2.05, 4.69) is 6.92 Å². The number of carboxylic acid groups (broad SMARTS) is 1. The highest BCUT2D eigenvalue weighted by Crippen LogP contribution is 2.38. The van der Waals surface area contributed by atoms with Crippen LogP contribution >= 0.6 is 0 Å². The first-order chi connectivity index (χ1) is 12.2. The van der Waals surface area contributed by atoms with Gasteiger partial charge in [-0.3, -0.25) is 0 Å². The van der Waals surface area contributed by atoms with Crippen LogP contribution in [0.15, 0.2) is 12.2 Å². The summed E-state index contributed by atoms with van der Waals surface area (Å²) < 4.78 is 0. The molecule has 1 N–H and O–H groups in total. The van der Waals surface area contributed by atoms with Gasteiger partial charge in [0.2, 0.25) is 0 Å². The predicted octanol–water partition coefficient (Wildman–Crippen LogP) is 6.99. The largest absolute Gasteiger partial charge is 0.478 e. The van der Waals surface area contributed by atoms with Crippen LogP contribution in [0.1, 0.15) is 103 Å². The maximum absolute atomic E-state index is 10.4. The van der Waals surface area contributed by atoms with E-state index in [9.17, 15) is 4.79 Å². The third-order valence-corrected chi connectivity index (χ3v) is 6.86. The van der Waals surface area contributed by atoms with Gasteiger partial charge in [-0.1, -0.05) is 96.5 Å². The highest BCUT2D eigenvalue weighted by molar-refractivity contribution is 5.79. The summed E-state index contributed by atoms with van der Waals surface area (Å²) in [6, 6.07) is 0. The lowest BCUT2D eigenvalue weighted by Gasteiger charge is -2.32. The van der Waals surface area contributed by atoms with Crippen molar-refractivity contribution in [2.24, 2.45) is 23.7 Å². The van der Waals surface area contributed by atoms with E-state index in [4.69, 9.17) is 5.11 Å². The molecule has 2 aliphatic carbocycles. The molecular formula is C23H40O2. The minimum absolute atomic E-state index is 0.820. The van der Waals surface area contributed by atoms with Crippen molar-refractivity contribution in [1.82, 2.24) is 0 Å². The number of hydrogen-bond donors (Lipinski definition) is 1. The van der Waals surface area contributed by atoms with Gasteiger partial charge < -0.3 is 5.11 Å². The van der Waals surface area contributed by atoms with Crippen LogP contribution < -0.4 is 0 Å². The summed E-state index contributed by atoms with van der Waals surface area (Å²) in [6.45, 7) is 2.33. The Morgan fingerprint density at radius 3 is 1.68 bits per heavy atom. The van der Waals surface area contributed by atoms with Crippen LogP contribution in [0.2, 0.25) is 0 Å². The molecule has 2 heteroatoms. The molecule has 0 aromatic rings. The number of rotatable bonds is 10. The summed E-state index contributed by atoms with van der Waals surface area (Å²) in [6.07, 6.45) is 24.0. The van der Waals surface area contributed by atoms with Gasteiger partial charge in [0.1, 0.15) is 0 Å². The Morgan fingerprint density at radius 1 is 0.800 bits per heavy atom. The first-order valence-corrected chi connectivity index (χ1v) is 11.1. The van der Waals surface area contributed by atoms with Gasteiger partial charge in [0, 0.05) is 6.08 Å². The topological polar surface area (TPSA) is 37.3 Å². The fourth-order valence-electron chi connectivity index (χ4n) is 5.21. The maximum Gasteiger partial charge on any atom is 0.327 e. The van der Waals surface area contributed by atoms with Crippen molar-refractivity contribution in [1.29, 1.82) is 0 Å². The molecule has 0 aromatic carbocycles. The molecule has 0 saturated heterocycles. The lowest BCUT2D eigenvalue weighted by atomic mass is 9.74. The molecule has 0 atom stereocenters. The predicted molar refractivity (Wildman–Crippen MR) is 106 cm³/mol. The van der Waals surface area contributed by atoms with E-state index in [0.29, 0.717) is 0 Å². The number of aliphatic carboxylic acids is 1. The van der Waals surface area contributed by atoms with Crippen molar-refractivity contribution in [3.63, 3.8) is 0 Å². The molecule has 0 bridgehead atoms. The van der Waals surface area contributed by atoms with Gasteiger partial charge in [0.15, 0.2) is 0 Å². The molecule has 2 rings (SSSR count). The molecule has 0 aliphatic heterocycles. The van der Waals surface area contributed by atoms with Crippen molar-refractivity contribution < 1.29 is 9.90 Å². The van der Waals surface area contributed by atoms with E-state index in [-0.39, 0.29) is 0 Å². The Balaban J connectivity index is 1.50. The third-order valence-electron chi connectivity index (χ3n) is 6.86. The average Bonchev–Trinajstić information content (AvgIpc) is 2.62. The van der Waals surface area contributed by atoms with Crippen molar-refractivity contribution >= 4 is 5.97 Å². The Hall–Kier alpha value is -0.790. The molecule has 144 valence electrons. The highest BCUT2D eigenvalue weighted by atomic mass is 16.4. The number of hydrogen-bond acceptors (Lipinski definition) is 1. The van der Waals surface area contributed by atoms with Crippen molar-refractivity contribution in [3.8, 4) is 0 Å². The molecule has 0 unspecified atom stereocenters. The molecule has 0 spiro atoms. The summed E-state index contributed by atoms with van der Waals surface area (Å²) in [5.74, 6) is 3.16. The average molecular weight is 349 g/mol. The Bertz CT molecular complexity index is 385. The van der Waals surface area contributed by atoms with E-state index in [1.165, 1.54) is 89.5 Å². The van der Waals surface area contributed by atoms with E-state index in [0.717, 1.165) is 36.5 Å². The Kier molecular flexibility index (Phi) is 9.65. The standard InChI is InChI=1S/C23H40O2/c1-2-6-19-9-13-21(14-10-19)17-18-22-15-11-20(12-16-22)7-4-3-5-8-23(24)25/h5,8,19-22H,2-4,6-7,9-18H2,1H3,(H,24,25)/b8-5+. The lowest BCUT2D eigenvalue weighted by molar-refractivity contribution is -0.131. The number of allylic oxidation sites excluding steroid dienone is 1. The molecule has 2 aliphatic rings. The quantitative estimate of drug-likeness (QED) is 0.341. The van der Waals surface area contributed by atoms with Crippen LogP contribution in [-0.4, -0.2) is 11.1 Å². The molecule has 0 radical (unpaired) electrons. The Labute approximate surface area is 155 Å².